The molecule has 0 atom stereocenters. The number of aliphatic hydroxyl groups excluding tert-OH is 1. The summed E-state index contributed by atoms with van der Waals surface area (Å²) in [6.07, 6.45) is 7.16. The first kappa shape index (κ1) is 36.8. The molecule has 1 saturated carbocycles. The standard InChI is InChI=1S/C32H41N3O6S.C5H5NO2/c1-22-15-29(40-4)16-23(2)31(22)42(38,39)35(27-9-10-27)20-30-17-26(21-41-30)32(37)33(3)18-24-5-7-25(8-6-24)19-34-13-11-28(36)12-14-34;6-5(7)4-1-2-8-3-4/h5-8,15-17,21,27-28,36H,9-14,18-20H2,1-4H3;1-3H,(H2,6,7). The number of nitrogens with zero attached hydrogens (tertiary/aromatic N) is 3. The number of furan rings is 2. The number of carbonyl (C=O) groups excluding carboxylic acids is 2. The molecule has 0 bridgehead atoms. The normalized spacial score (nSPS) is 15.4. The summed E-state index contributed by atoms with van der Waals surface area (Å²) in [5.74, 6) is 0.401. The van der Waals surface area contributed by atoms with Crippen molar-refractivity contribution in [2.24, 2.45) is 5.73 Å². The van der Waals surface area contributed by atoms with Crippen LogP contribution in [0.1, 0.15) is 74.4 Å². The highest BCUT2D eigenvalue weighted by molar-refractivity contribution is 7.89. The van der Waals surface area contributed by atoms with E-state index in [1.807, 2.05) is 12.1 Å². The third-order valence-corrected chi connectivity index (χ3v) is 11.2. The van der Waals surface area contributed by atoms with Gasteiger partial charge in [-0.15, -0.1) is 0 Å². The number of likely N-dealkylation sites (tertiary alicyclic amines) is 1. The molecule has 0 unspecified atom stereocenters. The van der Waals surface area contributed by atoms with E-state index in [-0.39, 0.29) is 24.6 Å². The van der Waals surface area contributed by atoms with Gasteiger partial charge in [-0.05, 0) is 86.1 Å². The fourth-order valence-corrected chi connectivity index (χ4v) is 8.18. The fraction of sp³-hybridized carbons (Fsp3) is 0.405. The summed E-state index contributed by atoms with van der Waals surface area (Å²) in [5, 5.41) is 9.72. The van der Waals surface area contributed by atoms with Gasteiger partial charge in [-0.3, -0.25) is 14.5 Å². The molecule has 6 rings (SSSR count). The third-order valence-electron chi connectivity index (χ3n) is 8.96. The Bertz CT molecular complexity index is 1840. The SMILES string of the molecule is COc1cc(C)c(S(=O)(=O)N(Cc2cc(C(=O)N(C)Cc3ccc(CN4CCC(O)CC4)cc3)co2)C2CC2)c(C)c1.NC(=O)c1ccoc1. The van der Waals surface area contributed by atoms with Crippen LogP contribution in [0.2, 0.25) is 0 Å². The van der Waals surface area contributed by atoms with Crippen LogP contribution in [-0.2, 0) is 29.7 Å². The number of ether oxygens (including phenoxy) is 1. The molecule has 2 aliphatic rings. The van der Waals surface area contributed by atoms with Crippen molar-refractivity contribution in [3.05, 3.63) is 106 Å². The van der Waals surface area contributed by atoms with Crippen molar-refractivity contribution in [1.29, 1.82) is 0 Å². The molecule has 3 heterocycles. The van der Waals surface area contributed by atoms with Crippen molar-refractivity contribution in [3.63, 3.8) is 0 Å². The lowest BCUT2D eigenvalue weighted by Gasteiger charge is -2.29. The summed E-state index contributed by atoms with van der Waals surface area (Å²) in [4.78, 5) is 27.7. The van der Waals surface area contributed by atoms with Crippen LogP contribution in [0.25, 0.3) is 0 Å². The first-order valence-corrected chi connectivity index (χ1v) is 18.1. The van der Waals surface area contributed by atoms with Crippen LogP contribution in [0.3, 0.4) is 0 Å². The number of rotatable bonds is 12. The molecule has 1 saturated heterocycles. The molecule has 1 aliphatic carbocycles. The molecular weight excluding hydrogens is 660 g/mol. The highest BCUT2D eigenvalue weighted by Crippen LogP contribution is 2.37. The summed E-state index contributed by atoms with van der Waals surface area (Å²) in [7, 11) is -0.487. The molecule has 1 aliphatic heterocycles. The second-order valence-corrected chi connectivity index (χ2v) is 14.9. The number of hydrogen-bond donors (Lipinski definition) is 2. The zero-order chi connectivity index (χ0) is 36.0. The Morgan fingerprint density at radius 1 is 0.940 bits per heavy atom. The van der Waals surface area contributed by atoms with Gasteiger partial charge in [0.1, 0.15) is 24.0 Å². The number of hydrogen-bond acceptors (Lipinski definition) is 9. The van der Waals surface area contributed by atoms with E-state index in [9.17, 15) is 23.1 Å². The van der Waals surface area contributed by atoms with Crippen molar-refractivity contribution in [3.8, 4) is 5.75 Å². The number of piperidine rings is 1. The molecule has 13 heteroatoms. The van der Waals surface area contributed by atoms with E-state index < -0.39 is 15.9 Å². The quantitative estimate of drug-likeness (QED) is 0.210. The first-order valence-electron chi connectivity index (χ1n) is 16.7. The van der Waals surface area contributed by atoms with Crippen LogP contribution in [-0.4, -0.2) is 78.8 Å². The number of amides is 2. The average Bonchev–Trinajstić information content (AvgIpc) is 3.54. The van der Waals surface area contributed by atoms with Crippen molar-refractivity contribution in [1.82, 2.24) is 14.1 Å². The first-order chi connectivity index (χ1) is 23.8. The van der Waals surface area contributed by atoms with Crippen LogP contribution in [0.5, 0.6) is 5.75 Å². The number of benzene rings is 2. The molecule has 0 spiro atoms. The summed E-state index contributed by atoms with van der Waals surface area (Å²) in [6, 6.07) is 14.8. The Balaban J connectivity index is 0.000000535. The molecular formula is C37H46N4O8S. The number of methoxy groups -OCH3 is 1. The largest absolute Gasteiger partial charge is 0.497 e. The summed E-state index contributed by atoms with van der Waals surface area (Å²) < 4.78 is 44.7. The van der Waals surface area contributed by atoms with Crippen LogP contribution in [0, 0.1) is 13.8 Å². The second kappa shape index (κ2) is 16.1. The van der Waals surface area contributed by atoms with Crippen molar-refractivity contribution in [2.45, 2.75) is 76.2 Å². The molecule has 2 amide bonds. The minimum absolute atomic E-state index is 0.0618. The van der Waals surface area contributed by atoms with Crippen LogP contribution < -0.4 is 10.5 Å². The summed E-state index contributed by atoms with van der Waals surface area (Å²) in [6.45, 7) is 6.71. The topological polar surface area (TPSA) is 160 Å². The minimum atomic E-state index is -3.80. The van der Waals surface area contributed by atoms with Crippen molar-refractivity contribution in [2.75, 3.05) is 27.2 Å². The lowest BCUT2D eigenvalue weighted by atomic mass is 10.1. The Kier molecular flexibility index (Phi) is 11.8. The number of carbonyl (C=O) groups is 2. The zero-order valence-corrected chi connectivity index (χ0v) is 29.8. The van der Waals surface area contributed by atoms with E-state index in [4.69, 9.17) is 14.9 Å². The predicted octanol–water partition coefficient (Wildman–Crippen LogP) is 4.87. The summed E-state index contributed by atoms with van der Waals surface area (Å²) in [5.41, 5.74) is 9.15. The number of primary amides is 1. The molecule has 2 aromatic heterocycles. The van der Waals surface area contributed by atoms with E-state index in [1.165, 1.54) is 34.7 Å². The van der Waals surface area contributed by atoms with Gasteiger partial charge in [-0.25, -0.2) is 8.42 Å². The predicted molar refractivity (Wildman–Crippen MR) is 187 cm³/mol. The zero-order valence-electron chi connectivity index (χ0n) is 29.0. The molecule has 2 aromatic carbocycles. The van der Waals surface area contributed by atoms with Gasteiger partial charge in [0.05, 0.1) is 42.0 Å². The number of aryl methyl sites for hydroxylation is 2. The van der Waals surface area contributed by atoms with Crippen LogP contribution in [0.4, 0.5) is 0 Å². The molecule has 12 nitrogen and oxygen atoms in total. The van der Waals surface area contributed by atoms with E-state index in [0.29, 0.717) is 45.2 Å². The third kappa shape index (κ3) is 9.21. The van der Waals surface area contributed by atoms with Crippen LogP contribution >= 0.6 is 0 Å². The molecule has 0 radical (unpaired) electrons. The molecule has 268 valence electrons. The van der Waals surface area contributed by atoms with Gasteiger partial charge in [0.15, 0.2) is 0 Å². The highest BCUT2D eigenvalue weighted by Gasteiger charge is 2.40. The Labute approximate surface area is 293 Å². The smallest absolute Gasteiger partial charge is 0.257 e. The number of aliphatic hydroxyl groups is 1. The van der Waals surface area contributed by atoms with Gasteiger partial charge in [0.2, 0.25) is 10.0 Å². The van der Waals surface area contributed by atoms with E-state index >= 15 is 0 Å². The van der Waals surface area contributed by atoms with Gasteiger partial charge in [-0.1, -0.05) is 24.3 Å². The molecule has 4 aromatic rings. The lowest BCUT2D eigenvalue weighted by molar-refractivity contribution is 0.0781. The highest BCUT2D eigenvalue weighted by atomic mass is 32.2. The van der Waals surface area contributed by atoms with Crippen LogP contribution in [0.15, 0.2) is 81.1 Å². The van der Waals surface area contributed by atoms with E-state index in [2.05, 4.69) is 21.4 Å². The monoisotopic (exact) mass is 706 g/mol. The average molecular weight is 707 g/mol. The van der Waals surface area contributed by atoms with Crippen molar-refractivity contribution < 1.29 is 36.7 Å². The van der Waals surface area contributed by atoms with Gasteiger partial charge < -0.3 is 29.3 Å². The summed E-state index contributed by atoms with van der Waals surface area (Å²) >= 11 is 0. The lowest BCUT2D eigenvalue weighted by Crippen LogP contribution is -2.35. The minimum Gasteiger partial charge on any atom is -0.497 e. The van der Waals surface area contributed by atoms with E-state index in [0.717, 1.165) is 50.9 Å². The Morgan fingerprint density at radius 3 is 2.12 bits per heavy atom. The van der Waals surface area contributed by atoms with E-state index in [1.54, 1.807) is 51.1 Å². The number of nitrogens with two attached hydrogens (primary N) is 1. The maximum Gasteiger partial charge on any atom is 0.257 e. The van der Waals surface area contributed by atoms with Gasteiger partial charge in [0, 0.05) is 39.3 Å². The molecule has 2 fully saturated rings. The molecule has 3 N–H and O–H groups in total. The Morgan fingerprint density at radius 2 is 1.58 bits per heavy atom. The second-order valence-electron chi connectivity index (χ2n) is 13.0. The maximum absolute atomic E-state index is 13.8. The van der Waals surface area contributed by atoms with Gasteiger partial charge in [0.25, 0.3) is 11.8 Å². The van der Waals surface area contributed by atoms with Gasteiger partial charge in [-0.2, -0.15) is 4.31 Å². The Hall–Kier alpha value is -4.43. The molecule has 50 heavy (non-hydrogen) atoms. The maximum atomic E-state index is 13.8. The van der Waals surface area contributed by atoms with Crippen molar-refractivity contribution >= 4 is 21.8 Å². The van der Waals surface area contributed by atoms with Gasteiger partial charge >= 0.3 is 0 Å². The fourth-order valence-electron chi connectivity index (χ4n) is 6.11. The number of sulfonamides is 1.